The van der Waals surface area contributed by atoms with Crippen LogP contribution in [0.2, 0.25) is 0 Å². The summed E-state index contributed by atoms with van der Waals surface area (Å²) in [6.45, 7) is 0.261. The molecule has 0 spiro atoms. The maximum atomic E-state index is 12.7. The Kier molecular flexibility index (Phi) is 8.53. The molecule has 10 heteroatoms. The summed E-state index contributed by atoms with van der Waals surface area (Å²) in [4.78, 5) is 25.2. The summed E-state index contributed by atoms with van der Waals surface area (Å²) in [5.74, 6) is -0.264. The maximum absolute atomic E-state index is 12.7. The largest absolute Gasteiger partial charge is 0.573 e. The molecule has 34 heavy (non-hydrogen) atoms. The van der Waals surface area contributed by atoms with E-state index in [1.807, 2.05) is 0 Å². The van der Waals surface area contributed by atoms with Crippen LogP contribution in [0.4, 0.5) is 13.2 Å². The Bertz CT molecular complexity index is 1000. The van der Waals surface area contributed by atoms with Gasteiger partial charge in [-0.15, -0.1) is 13.2 Å². The summed E-state index contributed by atoms with van der Waals surface area (Å²) in [6.07, 6.45) is -0.0240. The van der Waals surface area contributed by atoms with Gasteiger partial charge in [0.1, 0.15) is 17.2 Å². The van der Waals surface area contributed by atoms with E-state index in [0.29, 0.717) is 17.9 Å². The zero-order valence-electron chi connectivity index (χ0n) is 18.2. The first-order valence-corrected chi connectivity index (χ1v) is 10.7. The van der Waals surface area contributed by atoms with Gasteiger partial charge >= 0.3 is 6.36 Å². The minimum Gasteiger partial charge on any atom is -0.494 e. The molecule has 2 aromatic rings. The van der Waals surface area contributed by atoms with Crippen molar-refractivity contribution in [2.45, 2.75) is 25.6 Å². The van der Waals surface area contributed by atoms with Gasteiger partial charge in [-0.1, -0.05) is 25.0 Å². The maximum Gasteiger partial charge on any atom is 0.573 e. The molecule has 0 bridgehead atoms. The van der Waals surface area contributed by atoms with Crippen molar-refractivity contribution in [3.8, 4) is 11.5 Å². The summed E-state index contributed by atoms with van der Waals surface area (Å²) in [6, 6.07) is 11.2. The summed E-state index contributed by atoms with van der Waals surface area (Å²) in [7, 11) is 0. The lowest BCUT2D eigenvalue weighted by molar-refractivity contribution is -0.274. The Morgan fingerprint density at radius 1 is 1.03 bits per heavy atom. The summed E-state index contributed by atoms with van der Waals surface area (Å²) in [5, 5.41) is 13.9. The van der Waals surface area contributed by atoms with Crippen LogP contribution in [0.5, 0.6) is 11.5 Å². The van der Waals surface area contributed by atoms with E-state index in [1.54, 1.807) is 24.3 Å². The zero-order chi connectivity index (χ0) is 24.6. The van der Waals surface area contributed by atoms with Crippen molar-refractivity contribution in [2.24, 2.45) is 5.92 Å². The van der Waals surface area contributed by atoms with Crippen molar-refractivity contribution in [3.63, 3.8) is 0 Å². The van der Waals surface area contributed by atoms with E-state index >= 15 is 0 Å². The van der Waals surface area contributed by atoms with Crippen LogP contribution in [-0.4, -0.2) is 43.0 Å². The van der Waals surface area contributed by atoms with Gasteiger partial charge in [-0.25, -0.2) is 0 Å². The van der Waals surface area contributed by atoms with Crippen LogP contribution in [0.1, 0.15) is 35.2 Å². The second-order valence-electron chi connectivity index (χ2n) is 7.71. The average molecular weight is 478 g/mol. The molecule has 0 atom stereocenters. The normalized spacial score (nSPS) is 13.8. The molecule has 3 N–H and O–H groups in total. The predicted molar refractivity (Wildman–Crippen MR) is 118 cm³/mol. The molecule has 3 rings (SSSR count). The molecule has 2 aromatic carbocycles. The zero-order valence-corrected chi connectivity index (χ0v) is 18.2. The lowest BCUT2D eigenvalue weighted by Crippen LogP contribution is -2.36. The SMILES string of the molecule is O=C(NCCO)/C(=C\c1ccc(OC(F)(F)F)cc1)NC(=O)c1ccc(OCCC2CC2)cc1. The number of nitrogens with one attached hydrogen (secondary N) is 2. The number of halogens is 3. The number of amides is 2. The molecule has 1 aliphatic rings. The third kappa shape index (κ3) is 8.43. The Morgan fingerprint density at radius 3 is 2.26 bits per heavy atom. The van der Waals surface area contributed by atoms with Crippen LogP contribution in [0, 0.1) is 5.92 Å². The number of carbonyl (C=O) groups is 2. The smallest absolute Gasteiger partial charge is 0.494 e. The molecule has 182 valence electrons. The fourth-order valence-corrected chi connectivity index (χ4v) is 3.00. The summed E-state index contributed by atoms with van der Waals surface area (Å²) in [5.41, 5.74) is 0.486. The lowest BCUT2D eigenvalue weighted by Gasteiger charge is -2.12. The van der Waals surface area contributed by atoms with Crippen molar-refractivity contribution >= 4 is 17.9 Å². The van der Waals surface area contributed by atoms with E-state index in [-0.39, 0.29) is 24.4 Å². The lowest BCUT2D eigenvalue weighted by atomic mass is 10.1. The molecule has 0 saturated heterocycles. The Hall–Kier alpha value is -3.53. The molecule has 0 radical (unpaired) electrons. The van der Waals surface area contributed by atoms with Crippen molar-refractivity contribution in [2.75, 3.05) is 19.8 Å². The van der Waals surface area contributed by atoms with Gasteiger partial charge in [-0.3, -0.25) is 9.59 Å². The highest BCUT2D eigenvalue weighted by atomic mass is 19.4. The van der Waals surface area contributed by atoms with Gasteiger partial charge in [-0.2, -0.15) is 0 Å². The standard InChI is InChI=1S/C24H25F3N2O5/c25-24(26,27)34-20-7-3-17(4-8-20)15-21(23(32)28-12-13-30)29-22(31)18-5-9-19(10-6-18)33-14-11-16-1-2-16/h3-10,15-16,30H,1-2,11-14H2,(H,28,32)(H,29,31)/b21-15+. The molecule has 1 aliphatic carbocycles. The topological polar surface area (TPSA) is 96.9 Å². The highest BCUT2D eigenvalue weighted by molar-refractivity contribution is 6.05. The van der Waals surface area contributed by atoms with Crippen molar-refractivity contribution in [1.29, 1.82) is 0 Å². The van der Waals surface area contributed by atoms with E-state index in [4.69, 9.17) is 9.84 Å². The average Bonchev–Trinajstić information content (AvgIpc) is 3.62. The third-order valence-electron chi connectivity index (χ3n) is 4.92. The van der Waals surface area contributed by atoms with E-state index in [0.717, 1.165) is 24.5 Å². The number of benzene rings is 2. The van der Waals surface area contributed by atoms with E-state index in [1.165, 1.54) is 31.1 Å². The van der Waals surface area contributed by atoms with E-state index in [2.05, 4.69) is 15.4 Å². The first kappa shape index (κ1) is 25.1. The van der Waals surface area contributed by atoms with E-state index in [9.17, 15) is 22.8 Å². The van der Waals surface area contributed by atoms with Gasteiger partial charge < -0.3 is 25.2 Å². The Morgan fingerprint density at radius 2 is 1.68 bits per heavy atom. The second-order valence-corrected chi connectivity index (χ2v) is 7.71. The highest BCUT2D eigenvalue weighted by Crippen LogP contribution is 2.32. The van der Waals surface area contributed by atoms with Crippen LogP contribution in [0.3, 0.4) is 0 Å². The van der Waals surface area contributed by atoms with Crippen LogP contribution >= 0.6 is 0 Å². The molecule has 0 aliphatic heterocycles. The number of hydrogen-bond donors (Lipinski definition) is 3. The monoisotopic (exact) mass is 478 g/mol. The molecule has 7 nitrogen and oxygen atoms in total. The number of aliphatic hydroxyl groups is 1. The fraction of sp³-hybridized carbons (Fsp3) is 0.333. The van der Waals surface area contributed by atoms with Gasteiger partial charge in [0.2, 0.25) is 0 Å². The van der Waals surface area contributed by atoms with Crippen LogP contribution in [0.25, 0.3) is 6.08 Å². The van der Waals surface area contributed by atoms with Crippen LogP contribution < -0.4 is 20.1 Å². The van der Waals surface area contributed by atoms with Gasteiger partial charge in [0.15, 0.2) is 0 Å². The molecule has 2 amide bonds. The molecular weight excluding hydrogens is 453 g/mol. The number of rotatable bonds is 11. The number of hydrogen-bond acceptors (Lipinski definition) is 5. The second kappa shape index (κ2) is 11.6. The number of aliphatic hydroxyl groups excluding tert-OH is 1. The molecule has 0 unspecified atom stereocenters. The number of carbonyl (C=O) groups excluding carboxylic acids is 2. The molecule has 1 saturated carbocycles. The fourth-order valence-electron chi connectivity index (χ4n) is 3.00. The first-order valence-electron chi connectivity index (χ1n) is 10.7. The predicted octanol–water partition coefficient (Wildman–Crippen LogP) is 3.64. The Balaban J connectivity index is 1.68. The molecular formula is C24H25F3N2O5. The molecule has 0 heterocycles. The van der Waals surface area contributed by atoms with E-state index < -0.39 is 23.9 Å². The number of ether oxygens (including phenoxy) is 2. The summed E-state index contributed by atoms with van der Waals surface area (Å²) < 4.78 is 46.5. The summed E-state index contributed by atoms with van der Waals surface area (Å²) >= 11 is 0. The molecule has 1 fully saturated rings. The van der Waals surface area contributed by atoms with Gasteiger partial charge in [0.05, 0.1) is 13.2 Å². The quantitative estimate of drug-likeness (QED) is 0.429. The van der Waals surface area contributed by atoms with Crippen LogP contribution in [-0.2, 0) is 4.79 Å². The van der Waals surface area contributed by atoms with Gasteiger partial charge in [0.25, 0.3) is 11.8 Å². The van der Waals surface area contributed by atoms with Gasteiger partial charge in [-0.05, 0) is 60.4 Å². The van der Waals surface area contributed by atoms with Crippen molar-refractivity contribution in [3.05, 3.63) is 65.4 Å². The van der Waals surface area contributed by atoms with Crippen molar-refractivity contribution in [1.82, 2.24) is 10.6 Å². The highest BCUT2D eigenvalue weighted by Gasteiger charge is 2.31. The first-order chi connectivity index (χ1) is 16.2. The third-order valence-corrected chi connectivity index (χ3v) is 4.92. The minimum atomic E-state index is -4.82. The van der Waals surface area contributed by atoms with Gasteiger partial charge in [0, 0.05) is 12.1 Å². The van der Waals surface area contributed by atoms with Crippen LogP contribution in [0.15, 0.2) is 54.2 Å². The molecule has 0 aromatic heterocycles. The van der Waals surface area contributed by atoms with Crippen molar-refractivity contribution < 1.29 is 37.3 Å². The number of alkyl halides is 3. The Labute approximate surface area is 194 Å². The minimum absolute atomic E-state index is 0.0443.